The SMILES string of the molecule is C#CCCCOc1cc(OC)c2cc1[C@@H](CCC)c1cc(c(O)cc1OC)[C@H](CCC)c1cc(c(OC)cc1O)[C@H](CCC)c1cc(c(OC)cc1O)[C@H]2CCC. The fourth-order valence-corrected chi connectivity index (χ4v) is 8.86. The summed E-state index contributed by atoms with van der Waals surface area (Å²) in [4.78, 5) is 0. The topological polar surface area (TPSA) is 107 Å². The fraction of sp³-hybridized carbons (Fsp3) is 0.469. The van der Waals surface area contributed by atoms with Crippen molar-refractivity contribution in [2.24, 2.45) is 0 Å². The van der Waals surface area contributed by atoms with Crippen LogP contribution in [-0.2, 0) is 0 Å². The average Bonchev–Trinajstić information content (AvgIpc) is 3.21. The molecule has 3 N–H and O–H groups in total. The number of unbranched alkanes of at least 4 members (excludes halogenated alkanes) is 1. The van der Waals surface area contributed by atoms with Gasteiger partial charge in [-0.3, -0.25) is 0 Å². The molecule has 4 aromatic carbocycles. The van der Waals surface area contributed by atoms with Crippen LogP contribution in [0.4, 0.5) is 0 Å². The van der Waals surface area contributed by atoms with E-state index in [-0.39, 0.29) is 40.9 Å². The second kappa shape index (κ2) is 19.8. The lowest BCUT2D eigenvalue weighted by Gasteiger charge is -2.30. The Hall–Kier alpha value is -5.16. The highest BCUT2D eigenvalue weighted by Gasteiger charge is 2.33. The first-order chi connectivity index (χ1) is 27.6. The van der Waals surface area contributed by atoms with E-state index in [1.165, 1.54) is 0 Å². The minimum Gasteiger partial charge on any atom is -0.508 e. The zero-order valence-corrected chi connectivity index (χ0v) is 35.2. The number of hydrogen-bond donors (Lipinski definition) is 3. The Balaban J connectivity index is 2.01. The number of terminal acetylenes is 1. The van der Waals surface area contributed by atoms with Gasteiger partial charge < -0.3 is 39.0 Å². The summed E-state index contributed by atoms with van der Waals surface area (Å²) >= 11 is 0. The number of phenols is 3. The molecule has 4 atom stereocenters. The number of ether oxygens (including phenoxy) is 5. The molecule has 306 valence electrons. The van der Waals surface area contributed by atoms with Gasteiger partial charge in [0.05, 0.1) is 35.0 Å². The van der Waals surface area contributed by atoms with Crippen LogP contribution in [0.25, 0.3) is 0 Å². The molecule has 4 aromatic rings. The van der Waals surface area contributed by atoms with Gasteiger partial charge in [0.1, 0.15) is 46.0 Å². The van der Waals surface area contributed by atoms with Gasteiger partial charge in [0.25, 0.3) is 0 Å². The van der Waals surface area contributed by atoms with Crippen molar-refractivity contribution in [3.05, 3.63) is 93.0 Å². The van der Waals surface area contributed by atoms with E-state index in [4.69, 9.17) is 30.1 Å². The van der Waals surface area contributed by atoms with Crippen LogP contribution in [0.2, 0.25) is 0 Å². The summed E-state index contributed by atoms with van der Waals surface area (Å²) in [6, 6.07) is 15.5. The van der Waals surface area contributed by atoms with Crippen LogP contribution in [0.1, 0.15) is 160 Å². The van der Waals surface area contributed by atoms with E-state index in [2.05, 4.69) is 51.8 Å². The van der Waals surface area contributed by atoms with Gasteiger partial charge >= 0.3 is 0 Å². The molecule has 1 aliphatic carbocycles. The Kier molecular flexibility index (Phi) is 14.9. The lowest BCUT2D eigenvalue weighted by atomic mass is 9.76. The number of methoxy groups -OCH3 is 4. The normalized spacial score (nSPS) is 17.4. The van der Waals surface area contributed by atoms with Crippen LogP contribution in [0.3, 0.4) is 0 Å². The van der Waals surface area contributed by atoms with Gasteiger partial charge in [-0.2, -0.15) is 0 Å². The van der Waals surface area contributed by atoms with E-state index < -0.39 is 0 Å². The standard InChI is InChI=1S/C49H62O8/c1-10-15-16-21-57-49-29-48(56-9)40-25-41(49)33(20-14-5)39-23-35(43(51)27-47(39)55-8)30(17-11-2)34-22-37(45(53-6)26-42(34)50)31(18-12-3)36-24-38(32(40)19-13-4)46(54-7)28-44(36)52/h1,22-33,50-52H,11-21H2,2-9H3/t30-,31-,32-,33+/m1/s1. The van der Waals surface area contributed by atoms with Crippen LogP contribution in [0, 0.1) is 12.3 Å². The Bertz CT molecular complexity index is 2030. The highest BCUT2D eigenvalue weighted by atomic mass is 16.5. The molecule has 0 fully saturated rings. The molecule has 8 bridgehead atoms. The third kappa shape index (κ3) is 8.88. The van der Waals surface area contributed by atoms with Crippen LogP contribution in [0.15, 0.2) is 48.5 Å². The molecule has 0 aromatic heterocycles. The summed E-state index contributed by atoms with van der Waals surface area (Å²) in [5.74, 6) is 5.02. The molecule has 8 nitrogen and oxygen atoms in total. The van der Waals surface area contributed by atoms with Gasteiger partial charge in [0, 0.05) is 98.9 Å². The quantitative estimate of drug-likeness (QED) is 0.0762. The van der Waals surface area contributed by atoms with Crippen LogP contribution in [-0.4, -0.2) is 50.4 Å². The van der Waals surface area contributed by atoms with E-state index in [1.807, 2.05) is 12.1 Å². The fourth-order valence-electron chi connectivity index (χ4n) is 8.86. The van der Waals surface area contributed by atoms with Gasteiger partial charge in [0.2, 0.25) is 0 Å². The van der Waals surface area contributed by atoms with E-state index in [9.17, 15) is 15.3 Å². The zero-order valence-electron chi connectivity index (χ0n) is 35.2. The maximum absolute atomic E-state index is 11.9. The Morgan fingerprint density at radius 1 is 0.456 bits per heavy atom. The van der Waals surface area contributed by atoms with E-state index in [0.29, 0.717) is 72.2 Å². The van der Waals surface area contributed by atoms with Gasteiger partial charge in [-0.1, -0.05) is 53.4 Å². The maximum atomic E-state index is 11.9. The van der Waals surface area contributed by atoms with E-state index in [1.54, 1.807) is 46.6 Å². The predicted octanol–water partition coefficient (Wildman–Crippen LogP) is 11.7. The lowest BCUT2D eigenvalue weighted by Crippen LogP contribution is -2.14. The lowest BCUT2D eigenvalue weighted by molar-refractivity contribution is 0.304. The second-order valence-electron chi connectivity index (χ2n) is 15.1. The zero-order chi connectivity index (χ0) is 41.2. The molecule has 5 rings (SSSR count). The molecule has 0 saturated heterocycles. The largest absolute Gasteiger partial charge is 0.508 e. The van der Waals surface area contributed by atoms with Crippen molar-refractivity contribution in [1.82, 2.24) is 0 Å². The van der Waals surface area contributed by atoms with Crippen molar-refractivity contribution in [2.45, 2.75) is 116 Å². The minimum absolute atomic E-state index is 0.0809. The molecule has 0 amide bonds. The van der Waals surface area contributed by atoms with Crippen molar-refractivity contribution in [3.8, 4) is 58.3 Å². The number of aromatic hydroxyl groups is 3. The van der Waals surface area contributed by atoms with Crippen LogP contribution >= 0.6 is 0 Å². The molecular weight excluding hydrogens is 717 g/mol. The molecule has 0 radical (unpaired) electrons. The third-order valence-corrected chi connectivity index (χ3v) is 11.5. The molecule has 1 aliphatic rings. The molecule has 0 unspecified atom stereocenters. The smallest absolute Gasteiger partial charge is 0.126 e. The van der Waals surface area contributed by atoms with E-state index >= 15 is 0 Å². The number of hydrogen-bond acceptors (Lipinski definition) is 8. The number of benzene rings is 4. The summed E-state index contributed by atoms with van der Waals surface area (Å²) in [6.07, 6.45) is 13.1. The second-order valence-corrected chi connectivity index (χ2v) is 15.1. The molecule has 8 heteroatoms. The first-order valence-corrected chi connectivity index (χ1v) is 20.6. The first kappa shape index (κ1) is 43.0. The Morgan fingerprint density at radius 3 is 1.09 bits per heavy atom. The molecule has 57 heavy (non-hydrogen) atoms. The van der Waals surface area contributed by atoms with Crippen molar-refractivity contribution in [1.29, 1.82) is 0 Å². The molecular formula is C49H62O8. The monoisotopic (exact) mass is 778 g/mol. The molecule has 0 aliphatic heterocycles. The summed E-state index contributed by atoms with van der Waals surface area (Å²) in [6.45, 7) is 8.99. The van der Waals surface area contributed by atoms with Crippen molar-refractivity contribution >= 4 is 0 Å². The van der Waals surface area contributed by atoms with Crippen molar-refractivity contribution < 1.29 is 39.0 Å². The summed E-state index contributed by atoms with van der Waals surface area (Å²) < 4.78 is 30.9. The number of fused-ring (bicyclic) bond motifs is 8. The predicted molar refractivity (Wildman–Crippen MR) is 228 cm³/mol. The van der Waals surface area contributed by atoms with Crippen LogP contribution in [0.5, 0.6) is 46.0 Å². The Labute approximate surface area is 340 Å². The van der Waals surface area contributed by atoms with Gasteiger partial charge in [-0.25, -0.2) is 0 Å². The molecule has 0 saturated carbocycles. The van der Waals surface area contributed by atoms with Crippen LogP contribution < -0.4 is 23.7 Å². The third-order valence-electron chi connectivity index (χ3n) is 11.5. The molecule has 0 spiro atoms. The highest BCUT2D eigenvalue weighted by molar-refractivity contribution is 5.62. The molecule has 0 heterocycles. The van der Waals surface area contributed by atoms with E-state index in [0.717, 1.165) is 71.9 Å². The summed E-state index contributed by atoms with van der Waals surface area (Å²) in [5, 5.41) is 35.5. The minimum atomic E-state index is -0.373. The van der Waals surface area contributed by atoms with Gasteiger partial charge in [0.15, 0.2) is 0 Å². The summed E-state index contributed by atoms with van der Waals surface area (Å²) in [7, 11) is 6.57. The van der Waals surface area contributed by atoms with Gasteiger partial charge in [-0.05, 0) is 56.4 Å². The Morgan fingerprint density at radius 2 is 0.754 bits per heavy atom. The van der Waals surface area contributed by atoms with Gasteiger partial charge in [-0.15, -0.1) is 12.3 Å². The first-order valence-electron chi connectivity index (χ1n) is 20.6. The van der Waals surface area contributed by atoms with Crippen molar-refractivity contribution in [2.75, 3.05) is 35.0 Å². The highest BCUT2D eigenvalue weighted by Crippen LogP contribution is 2.52. The van der Waals surface area contributed by atoms with Crippen molar-refractivity contribution in [3.63, 3.8) is 0 Å². The average molecular weight is 779 g/mol. The number of rotatable bonds is 16. The maximum Gasteiger partial charge on any atom is 0.126 e. The summed E-state index contributed by atoms with van der Waals surface area (Å²) in [5.41, 5.74) is 6.77. The number of phenolic OH excluding ortho intramolecular Hbond substituents is 3.